The molecule has 5 N–H and O–H groups in total. The van der Waals surface area contributed by atoms with Gasteiger partial charge in [0.15, 0.2) is 0 Å². The number of aromatic nitrogens is 4. The number of carbonyl (C=O) groups is 1. The van der Waals surface area contributed by atoms with Crippen LogP contribution in [0.2, 0.25) is 0 Å². The quantitative estimate of drug-likeness (QED) is 0.545. The molecule has 1 aliphatic rings. The number of H-pyrrole nitrogens is 1. The minimum Gasteiger partial charge on any atom is -0.480 e. The Morgan fingerprint density at radius 3 is 2.85 bits per heavy atom. The lowest BCUT2D eigenvalue weighted by molar-refractivity contribution is -0.134. The van der Waals surface area contributed by atoms with E-state index in [1.165, 1.54) is 0 Å². The highest BCUT2D eigenvalue weighted by molar-refractivity contribution is 5.94. The summed E-state index contributed by atoms with van der Waals surface area (Å²) in [6.07, 6.45) is 4.02. The third-order valence-electron chi connectivity index (χ3n) is 4.35. The van der Waals surface area contributed by atoms with Crippen molar-refractivity contribution in [2.45, 2.75) is 12.8 Å². The fourth-order valence-corrected chi connectivity index (χ4v) is 3.16. The monoisotopic (exact) mass is 353 g/mol. The molecular formula is C17H19N7O2. The van der Waals surface area contributed by atoms with E-state index in [9.17, 15) is 4.79 Å². The first-order chi connectivity index (χ1) is 12.6. The second-order valence-electron chi connectivity index (χ2n) is 6.21. The maximum absolute atomic E-state index is 10.8. The summed E-state index contributed by atoms with van der Waals surface area (Å²) in [6, 6.07) is 5.42. The van der Waals surface area contributed by atoms with Gasteiger partial charge in [0.25, 0.3) is 0 Å². The van der Waals surface area contributed by atoms with E-state index < -0.39 is 5.97 Å². The molecule has 4 heterocycles. The van der Waals surface area contributed by atoms with Gasteiger partial charge in [-0.1, -0.05) is 0 Å². The predicted molar refractivity (Wildman–Crippen MR) is 99.1 cm³/mol. The van der Waals surface area contributed by atoms with Crippen LogP contribution in [0.25, 0.3) is 22.3 Å². The molecule has 0 radical (unpaired) electrons. The van der Waals surface area contributed by atoms with Crippen LogP contribution in [0.1, 0.15) is 12.8 Å². The van der Waals surface area contributed by atoms with Gasteiger partial charge in [-0.3, -0.25) is 4.79 Å². The SMILES string of the molecule is Nc1cc(-c2cc(NCC(=O)O)nc3[nH]ccc23)nc(N2CCCC2)n1. The Bertz CT molecular complexity index is 963. The number of carboxylic acid groups (broad SMARTS) is 1. The topological polar surface area (TPSA) is 133 Å². The first kappa shape index (κ1) is 16.1. The number of aliphatic carboxylic acids is 1. The molecule has 1 fully saturated rings. The Balaban J connectivity index is 1.80. The van der Waals surface area contributed by atoms with Crippen LogP contribution in [-0.2, 0) is 4.79 Å². The molecule has 4 rings (SSSR count). The van der Waals surface area contributed by atoms with Crippen molar-refractivity contribution in [1.82, 2.24) is 19.9 Å². The van der Waals surface area contributed by atoms with Gasteiger partial charge in [-0.15, -0.1) is 0 Å². The molecule has 3 aromatic rings. The molecule has 0 atom stereocenters. The highest BCUT2D eigenvalue weighted by Crippen LogP contribution is 2.31. The third-order valence-corrected chi connectivity index (χ3v) is 4.35. The van der Waals surface area contributed by atoms with Crippen molar-refractivity contribution in [1.29, 1.82) is 0 Å². The third kappa shape index (κ3) is 3.10. The average Bonchev–Trinajstić information content (AvgIpc) is 3.30. The first-order valence-electron chi connectivity index (χ1n) is 8.44. The summed E-state index contributed by atoms with van der Waals surface area (Å²) in [7, 11) is 0. The number of carboxylic acids is 1. The summed E-state index contributed by atoms with van der Waals surface area (Å²) in [6.45, 7) is 1.62. The normalized spacial score (nSPS) is 14.1. The van der Waals surface area contributed by atoms with E-state index in [1.807, 2.05) is 6.07 Å². The van der Waals surface area contributed by atoms with Crippen LogP contribution in [-0.4, -0.2) is 50.6 Å². The zero-order valence-electron chi connectivity index (χ0n) is 14.1. The lowest BCUT2D eigenvalue weighted by atomic mass is 10.1. The fraction of sp³-hybridized carbons (Fsp3) is 0.294. The zero-order chi connectivity index (χ0) is 18.1. The average molecular weight is 353 g/mol. The summed E-state index contributed by atoms with van der Waals surface area (Å²) in [5.74, 6) is 0.523. The number of pyridine rings is 1. The molecule has 0 unspecified atom stereocenters. The fourth-order valence-electron chi connectivity index (χ4n) is 3.16. The maximum atomic E-state index is 10.8. The van der Waals surface area contributed by atoms with Gasteiger partial charge in [0, 0.05) is 36.3 Å². The van der Waals surface area contributed by atoms with Gasteiger partial charge in [-0.25, -0.2) is 9.97 Å². The lowest BCUT2D eigenvalue weighted by Crippen LogP contribution is -2.21. The molecule has 1 aliphatic heterocycles. The molecule has 0 amide bonds. The molecule has 3 aromatic heterocycles. The van der Waals surface area contributed by atoms with Crippen molar-refractivity contribution >= 4 is 34.6 Å². The second-order valence-corrected chi connectivity index (χ2v) is 6.21. The van der Waals surface area contributed by atoms with Gasteiger partial charge in [-0.2, -0.15) is 4.98 Å². The van der Waals surface area contributed by atoms with Crippen LogP contribution in [0.4, 0.5) is 17.6 Å². The smallest absolute Gasteiger partial charge is 0.322 e. The predicted octanol–water partition coefficient (Wildman–Crippen LogP) is 1.70. The molecule has 0 aliphatic carbocycles. The Hall–Kier alpha value is -3.36. The largest absolute Gasteiger partial charge is 0.480 e. The van der Waals surface area contributed by atoms with E-state index in [-0.39, 0.29) is 6.54 Å². The molecule has 9 nitrogen and oxygen atoms in total. The summed E-state index contributed by atoms with van der Waals surface area (Å²) in [4.78, 5) is 29.5. The van der Waals surface area contributed by atoms with Crippen molar-refractivity contribution in [3.63, 3.8) is 0 Å². The van der Waals surface area contributed by atoms with Crippen LogP contribution in [0.3, 0.4) is 0 Å². The number of nitrogen functional groups attached to an aromatic ring is 1. The van der Waals surface area contributed by atoms with Crippen molar-refractivity contribution in [3.8, 4) is 11.3 Å². The number of rotatable bonds is 5. The first-order valence-corrected chi connectivity index (χ1v) is 8.44. The molecule has 134 valence electrons. The summed E-state index contributed by atoms with van der Waals surface area (Å²) < 4.78 is 0. The zero-order valence-corrected chi connectivity index (χ0v) is 14.1. The summed E-state index contributed by atoms with van der Waals surface area (Å²) >= 11 is 0. The number of nitrogens with one attached hydrogen (secondary N) is 2. The standard InChI is InChI=1S/C17H19N7O2/c18-13-8-12(21-17(22-13)24-5-1-2-6-24)11-7-14(20-9-15(25)26)23-16-10(11)3-4-19-16/h3-4,7-8H,1-2,5-6,9H2,(H,25,26)(H2,18,21,22)(H2,19,20,23). The van der Waals surface area contributed by atoms with Gasteiger partial charge in [-0.05, 0) is 25.0 Å². The Labute approximate surface area is 149 Å². The number of nitrogens with two attached hydrogens (primary N) is 1. The van der Waals surface area contributed by atoms with Gasteiger partial charge < -0.3 is 26.0 Å². The van der Waals surface area contributed by atoms with Gasteiger partial charge >= 0.3 is 5.97 Å². The molecule has 26 heavy (non-hydrogen) atoms. The molecule has 0 saturated carbocycles. The minimum atomic E-state index is -0.956. The molecule has 9 heteroatoms. The Kier molecular flexibility index (Phi) is 4.04. The molecule has 1 saturated heterocycles. The van der Waals surface area contributed by atoms with Crippen LogP contribution in [0, 0.1) is 0 Å². The van der Waals surface area contributed by atoms with Gasteiger partial charge in [0.2, 0.25) is 5.95 Å². The van der Waals surface area contributed by atoms with Crippen molar-refractivity contribution in [2.24, 2.45) is 0 Å². The van der Waals surface area contributed by atoms with Crippen molar-refractivity contribution < 1.29 is 9.90 Å². The number of hydrogen-bond donors (Lipinski definition) is 4. The van der Waals surface area contributed by atoms with E-state index in [4.69, 9.17) is 15.8 Å². The number of nitrogens with zero attached hydrogens (tertiary/aromatic N) is 4. The van der Waals surface area contributed by atoms with Crippen LogP contribution in [0.15, 0.2) is 24.4 Å². The second kappa shape index (κ2) is 6.51. The minimum absolute atomic E-state index is 0.219. The Morgan fingerprint density at radius 2 is 2.08 bits per heavy atom. The van der Waals surface area contributed by atoms with Crippen molar-refractivity contribution in [3.05, 3.63) is 24.4 Å². The summed E-state index contributed by atoms with van der Waals surface area (Å²) in [5.41, 5.74) is 8.18. The maximum Gasteiger partial charge on any atom is 0.322 e. The van der Waals surface area contributed by atoms with Crippen LogP contribution < -0.4 is 16.0 Å². The number of hydrogen-bond acceptors (Lipinski definition) is 7. The van der Waals surface area contributed by atoms with E-state index in [1.54, 1.807) is 18.3 Å². The van der Waals surface area contributed by atoms with Crippen LogP contribution >= 0.6 is 0 Å². The molecular weight excluding hydrogens is 334 g/mol. The van der Waals surface area contributed by atoms with E-state index >= 15 is 0 Å². The molecule has 0 bridgehead atoms. The highest BCUT2D eigenvalue weighted by Gasteiger charge is 2.18. The highest BCUT2D eigenvalue weighted by atomic mass is 16.4. The number of anilines is 3. The van der Waals surface area contributed by atoms with E-state index in [0.29, 0.717) is 28.9 Å². The molecule has 0 aromatic carbocycles. The summed E-state index contributed by atoms with van der Waals surface area (Å²) in [5, 5.41) is 12.6. The Morgan fingerprint density at radius 1 is 1.27 bits per heavy atom. The van der Waals surface area contributed by atoms with Crippen LogP contribution in [0.5, 0.6) is 0 Å². The van der Waals surface area contributed by atoms with Gasteiger partial charge in [0.1, 0.15) is 23.8 Å². The van der Waals surface area contributed by atoms with Crippen molar-refractivity contribution in [2.75, 3.05) is 35.6 Å². The number of fused-ring (bicyclic) bond motifs is 1. The van der Waals surface area contributed by atoms with Gasteiger partial charge in [0.05, 0.1) is 5.69 Å². The molecule has 0 spiro atoms. The lowest BCUT2D eigenvalue weighted by Gasteiger charge is -2.17. The number of aromatic amines is 1. The van der Waals surface area contributed by atoms with E-state index in [2.05, 4.69) is 25.2 Å². The van der Waals surface area contributed by atoms with E-state index in [0.717, 1.165) is 36.9 Å².